The van der Waals surface area contributed by atoms with Crippen molar-refractivity contribution in [1.82, 2.24) is 9.88 Å². The molecule has 0 unspecified atom stereocenters. The molecule has 0 fully saturated rings. The lowest BCUT2D eigenvalue weighted by Crippen LogP contribution is -2.27. The van der Waals surface area contributed by atoms with Gasteiger partial charge in [-0.15, -0.1) is 0 Å². The van der Waals surface area contributed by atoms with Gasteiger partial charge in [0.05, 0.1) is 0 Å². The highest BCUT2D eigenvalue weighted by atomic mass is 16.5. The van der Waals surface area contributed by atoms with Gasteiger partial charge in [0.1, 0.15) is 0 Å². The molecule has 0 atom stereocenters. The Morgan fingerprint density at radius 1 is 1.44 bits per heavy atom. The maximum absolute atomic E-state index is 11.3. The van der Waals surface area contributed by atoms with Gasteiger partial charge in [-0.25, -0.2) is 4.98 Å². The molecular weight excluding hydrogens is 204 g/mol. The third-order valence-corrected chi connectivity index (χ3v) is 2.27. The van der Waals surface area contributed by atoms with Crippen molar-refractivity contribution in [3.63, 3.8) is 0 Å². The number of hydrogen-bond acceptors (Lipinski definition) is 3. The van der Waals surface area contributed by atoms with Crippen molar-refractivity contribution in [2.24, 2.45) is 0 Å². The third kappa shape index (κ3) is 3.53. The Labute approximate surface area is 96.2 Å². The molecule has 16 heavy (non-hydrogen) atoms. The quantitative estimate of drug-likeness (QED) is 0.778. The highest BCUT2D eigenvalue weighted by Gasteiger charge is 2.06. The number of nitrogens with zero attached hydrogens (tertiary/aromatic N) is 2. The van der Waals surface area contributed by atoms with Crippen molar-refractivity contribution in [2.45, 2.75) is 19.8 Å². The second-order valence-electron chi connectivity index (χ2n) is 4.16. The predicted molar refractivity (Wildman–Crippen MR) is 62.5 cm³/mol. The van der Waals surface area contributed by atoms with Gasteiger partial charge in [-0.05, 0) is 11.5 Å². The van der Waals surface area contributed by atoms with Crippen molar-refractivity contribution >= 4 is 5.91 Å². The van der Waals surface area contributed by atoms with Crippen molar-refractivity contribution in [3.8, 4) is 5.88 Å². The van der Waals surface area contributed by atoms with Crippen LogP contribution in [0.2, 0.25) is 0 Å². The molecule has 0 radical (unpaired) electrons. The molecule has 0 aromatic carbocycles. The first-order valence-electron chi connectivity index (χ1n) is 5.29. The Balaban J connectivity index is 2.53. The number of carbonyl (C=O) groups is 1. The smallest absolute Gasteiger partial charge is 0.260 e. The molecule has 1 amide bonds. The van der Waals surface area contributed by atoms with E-state index in [-0.39, 0.29) is 12.5 Å². The molecule has 0 saturated carbocycles. The van der Waals surface area contributed by atoms with Crippen LogP contribution >= 0.6 is 0 Å². The Morgan fingerprint density at radius 3 is 2.56 bits per heavy atom. The number of pyridine rings is 1. The van der Waals surface area contributed by atoms with E-state index in [4.69, 9.17) is 4.74 Å². The predicted octanol–water partition coefficient (Wildman–Crippen LogP) is 1.67. The van der Waals surface area contributed by atoms with Crippen LogP contribution in [-0.4, -0.2) is 36.5 Å². The Hall–Kier alpha value is -1.58. The fraction of sp³-hybridized carbons (Fsp3) is 0.500. The molecule has 1 aromatic heterocycles. The van der Waals surface area contributed by atoms with Crippen LogP contribution in [0.3, 0.4) is 0 Å². The Kier molecular flexibility index (Phi) is 4.28. The second-order valence-corrected chi connectivity index (χ2v) is 4.16. The summed E-state index contributed by atoms with van der Waals surface area (Å²) in [7, 11) is 3.39. The van der Waals surface area contributed by atoms with Crippen LogP contribution in [0.5, 0.6) is 5.88 Å². The molecule has 88 valence electrons. The average Bonchev–Trinajstić information content (AvgIpc) is 2.26. The van der Waals surface area contributed by atoms with Crippen molar-refractivity contribution in [2.75, 3.05) is 20.7 Å². The molecule has 0 N–H and O–H groups in total. The van der Waals surface area contributed by atoms with E-state index in [2.05, 4.69) is 18.8 Å². The Bertz CT molecular complexity index is 345. The van der Waals surface area contributed by atoms with Crippen LogP contribution < -0.4 is 4.74 Å². The molecule has 1 aromatic rings. The summed E-state index contributed by atoms with van der Waals surface area (Å²) in [6, 6.07) is 3.76. The summed E-state index contributed by atoms with van der Waals surface area (Å²) in [5.74, 6) is 0.860. The fourth-order valence-electron chi connectivity index (χ4n) is 1.08. The number of ether oxygens (including phenoxy) is 1. The molecule has 0 saturated heterocycles. The van der Waals surface area contributed by atoms with Crippen LogP contribution in [0, 0.1) is 0 Å². The number of likely N-dealkylation sites (N-methyl/N-ethyl adjacent to an activating group) is 1. The van der Waals surface area contributed by atoms with Crippen LogP contribution in [-0.2, 0) is 4.79 Å². The summed E-state index contributed by atoms with van der Waals surface area (Å²) in [6.07, 6.45) is 1.78. The van der Waals surface area contributed by atoms with E-state index in [9.17, 15) is 4.79 Å². The van der Waals surface area contributed by atoms with Gasteiger partial charge < -0.3 is 9.64 Å². The summed E-state index contributed by atoms with van der Waals surface area (Å²) in [5.41, 5.74) is 1.16. The van der Waals surface area contributed by atoms with Gasteiger partial charge in [0.2, 0.25) is 5.88 Å². The number of hydrogen-bond donors (Lipinski definition) is 0. The number of carbonyl (C=O) groups excluding carboxylic acids is 1. The lowest BCUT2D eigenvalue weighted by molar-refractivity contribution is -0.130. The lowest BCUT2D eigenvalue weighted by atomic mass is 10.1. The first-order valence-corrected chi connectivity index (χ1v) is 5.29. The van der Waals surface area contributed by atoms with Gasteiger partial charge in [0, 0.05) is 26.4 Å². The standard InChI is InChI=1S/C12H18N2O2/c1-9(2)10-5-6-11(13-7-10)16-8-12(15)14(3)4/h5-7,9H,8H2,1-4H3. The maximum Gasteiger partial charge on any atom is 0.260 e. The SMILES string of the molecule is CC(C)c1ccc(OCC(=O)N(C)C)nc1. The van der Waals surface area contributed by atoms with Crippen molar-refractivity contribution in [1.29, 1.82) is 0 Å². The zero-order chi connectivity index (χ0) is 12.1. The molecule has 0 spiro atoms. The minimum atomic E-state index is -0.0743. The largest absolute Gasteiger partial charge is 0.468 e. The van der Waals surface area contributed by atoms with Gasteiger partial charge in [-0.3, -0.25) is 4.79 Å². The summed E-state index contributed by atoms with van der Waals surface area (Å²) < 4.78 is 5.26. The average molecular weight is 222 g/mol. The maximum atomic E-state index is 11.3. The van der Waals surface area contributed by atoms with Gasteiger partial charge in [-0.1, -0.05) is 19.9 Å². The molecule has 1 heterocycles. The summed E-state index contributed by atoms with van der Waals surface area (Å²) in [6.45, 7) is 4.24. The van der Waals surface area contributed by atoms with Gasteiger partial charge in [0.15, 0.2) is 6.61 Å². The molecule has 4 heteroatoms. The van der Waals surface area contributed by atoms with E-state index in [1.165, 1.54) is 4.90 Å². The van der Waals surface area contributed by atoms with E-state index in [0.717, 1.165) is 5.56 Å². The molecule has 4 nitrogen and oxygen atoms in total. The molecule has 0 aliphatic carbocycles. The van der Waals surface area contributed by atoms with Crippen LogP contribution in [0.1, 0.15) is 25.3 Å². The van der Waals surface area contributed by atoms with Crippen LogP contribution in [0.4, 0.5) is 0 Å². The summed E-state index contributed by atoms with van der Waals surface area (Å²) in [4.78, 5) is 16.9. The van der Waals surface area contributed by atoms with E-state index in [1.807, 2.05) is 6.07 Å². The second kappa shape index (κ2) is 5.49. The zero-order valence-electron chi connectivity index (χ0n) is 10.2. The van der Waals surface area contributed by atoms with E-state index >= 15 is 0 Å². The topological polar surface area (TPSA) is 42.4 Å². The lowest BCUT2D eigenvalue weighted by Gasteiger charge is -2.11. The fourth-order valence-corrected chi connectivity index (χ4v) is 1.08. The van der Waals surface area contributed by atoms with Gasteiger partial charge in [0.25, 0.3) is 5.91 Å². The molecular formula is C12H18N2O2. The summed E-state index contributed by atoms with van der Waals surface area (Å²) in [5, 5.41) is 0. The third-order valence-electron chi connectivity index (χ3n) is 2.27. The van der Waals surface area contributed by atoms with Crippen LogP contribution in [0.15, 0.2) is 18.3 Å². The number of rotatable bonds is 4. The number of amides is 1. The van der Waals surface area contributed by atoms with E-state index in [0.29, 0.717) is 11.8 Å². The van der Waals surface area contributed by atoms with E-state index in [1.54, 1.807) is 26.4 Å². The van der Waals surface area contributed by atoms with E-state index < -0.39 is 0 Å². The van der Waals surface area contributed by atoms with Crippen LogP contribution in [0.25, 0.3) is 0 Å². The minimum absolute atomic E-state index is 0.0288. The van der Waals surface area contributed by atoms with Crippen molar-refractivity contribution < 1.29 is 9.53 Å². The number of aromatic nitrogens is 1. The highest BCUT2D eigenvalue weighted by Crippen LogP contribution is 2.15. The first kappa shape index (κ1) is 12.5. The Morgan fingerprint density at radius 2 is 2.12 bits per heavy atom. The minimum Gasteiger partial charge on any atom is -0.468 e. The molecule has 0 aliphatic rings. The molecule has 0 bridgehead atoms. The molecule has 0 aliphatic heterocycles. The monoisotopic (exact) mass is 222 g/mol. The van der Waals surface area contributed by atoms with Crippen molar-refractivity contribution in [3.05, 3.63) is 23.9 Å². The van der Waals surface area contributed by atoms with Gasteiger partial charge in [-0.2, -0.15) is 0 Å². The summed E-state index contributed by atoms with van der Waals surface area (Å²) >= 11 is 0. The van der Waals surface area contributed by atoms with Gasteiger partial charge >= 0.3 is 0 Å². The highest BCUT2D eigenvalue weighted by molar-refractivity contribution is 5.77. The molecule has 1 rings (SSSR count). The normalized spacial score (nSPS) is 10.3. The zero-order valence-corrected chi connectivity index (χ0v) is 10.2. The first-order chi connectivity index (χ1) is 7.50.